The van der Waals surface area contributed by atoms with Gasteiger partial charge in [0.05, 0.1) is 13.2 Å². The smallest absolute Gasteiger partial charge is 0.128 e. The van der Waals surface area contributed by atoms with Gasteiger partial charge in [-0.1, -0.05) is 0 Å². The van der Waals surface area contributed by atoms with E-state index in [4.69, 9.17) is 9.47 Å². The van der Waals surface area contributed by atoms with Gasteiger partial charge in [0.25, 0.3) is 0 Å². The van der Waals surface area contributed by atoms with E-state index in [9.17, 15) is 0 Å². The van der Waals surface area contributed by atoms with Crippen LogP contribution < -0.4 is 10.1 Å². The van der Waals surface area contributed by atoms with Gasteiger partial charge >= 0.3 is 0 Å². The number of methoxy groups -OCH3 is 1. The summed E-state index contributed by atoms with van der Waals surface area (Å²) in [6.45, 7) is 5.00. The molecule has 0 aliphatic carbocycles. The van der Waals surface area contributed by atoms with Crippen molar-refractivity contribution in [3.63, 3.8) is 0 Å². The lowest BCUT2D eigenvalue weighted by molar-refractivity contribution is -0.00609. The Morgan fingerprint density at radius 1 is 1.45 bits per heavy atom. The normalized spacial score (nSPS) is 20.7. The molecule has 112 valence electrons. The van der Waals surface area contributed by atoms with Gasteiger partial charge in [-0.25, -0.2) is 0 Å². The first-order valence-electron chi connectivity index (χ1n) is 7.45. The van der Waals surface area contributed by atoms with Crippen LogP contribution in [-0.4, -0.2) is 37.9 Å². The molecule has 20 heavy (non-hydrogen) atoms. The zero-order valence-electron chi connectivity index (χ0n) is 13.0. The van der Waals surface area contributed by atoms with Crippen LogP contribution in [-0.2, 0) is 11.2 Å². The topological polar surface area (TPSA) is 43.4 Å². The molecule has 1 fully saturated rings. The van der Waals surface area contributed by atoms with Gasteiger partial charge in [-0.15, -0.1) is 0 Å². The second kappa shape index (κ2) is 7.04. The number of ether oxygens (including phenoxy) is 2. The monoisotopic (exact) mass is 278 g/mol. The van der Waals surface area contributed by atoms with Gasteiger partial charge < -0.3 is 14.8 Å². The Morgan fingerprint density at radius 3 is 2.85 bits per heavy atom. The van der Waals surface area contributed by atoms with E-state index < -0.39 is 0 Å². The van der Waals surface area contributed by atoms with Crippen molar-refractivity contribution in [2.45, 2.75) is 51.7 Å². The summed E-state index contributed by atoms with van der Waals surface area (Å²) in [6, 6.07) is 0.314. The molecular formula is C16H26N2O2. The van der Waals surface area contributed by atoms with Gasteiger partial charge in [0.1, 0.15) is 5.75 Å². The number of hydrogen-bond donors (Lipinski definition) is 1. The van der Waals surface area contributed by atoms with Gasteiger partial charge in [-0.05, 0) is 40.2 Å². The fourth-order valence-corrected chi connectivity index (χ4v) is 2.99. The van der Waals surface area contributed by atoms with Gasteiger partial charge in [0.15, 0.2) is 0 Å². The molecule has 1 aromatic rings. The van der Waals surface area contributed by atoms with Crippen LogP contribution in [0.1, 0.15) is 36.1 Å². The molecule has 2 rings (SSSR count). The maximum Gasteiger partial charge on any atom is 0.128 e. The van der Waals surface area contributed by atoms with Crippen LogP contribution in [0, 0.1) is 13.8 Å². The highest BCUT2D eigenvalue weighted by Gasteiger charge is 2.25. The van der Waals surface area contributed by atoms with E-state index in [0.29, 0.717) is 12.1 Å². The van der Waals surface area contributed by atoms with Crippen LogP contribution in [0.2, 0.25) is 0 Å². The molecule has 1 aliphatic heterocycles. The van der Waals surface area contributed by atoms with Crippen LogP contribution in [0.4, 0.5) is 0 Å². The molecule has 0 bridgehead atoms. The second-order valence-electron chi connectivity index (χ2n) is 5.55. The van der Waals surface area contributed by atoms with E-state index in [0.717, 1.165) is 42.0 Å². The summed E-state index contributed by atoms with van der Waals surface area (Å²) in [5.74, 6) is 0.953. The van der Waals surface area contributed by atoms with Crippen molar-refractivity contribution in [2.24, 2.45) is 0 Å². The SMILES string of the molecule is CNC(Cc1ncc(C)c(OC)c1C)C1CCCCO1. The predicted molar refractivity (Wildman–Crippen MR) is 80.4 cm³/mol. The molecule has 2 heterocycles. The van der Waals surface area contributed by atoms with Crippen LogP contribution in [0.3, 0.4) is 0 Å². The third-order valence-corrected chi connectivity index (χ3v) is 4.20. The number of aromatic nitrogens is 1. The van der Waals surface area contributed by atoms with Crippen LogP contribution in [0.5, 0.6) is 5.75 Å². The molecule has 1 aliphatic rings. The average Bonchev–Trinajstić information content (AvgIpc) is 2.48. The minimum absolute atomic E-state index is 0.294. The van der Waals surface area contributed by atoms with Crippen molar-refractivity contribution in [1.82, 2.24) is 10.3 Å². The molecule has 0 saturated carbocycles. The van der Waals surface area contributed by atoms with Crippen molar-refractivity contribution in [3.05, 3.63) is 23.0 Å². The van der Waals surface area contributed by atoms with Gasteiger partial charge in [-0.3, -0.25) is 4.98 Å². The molecule has 2 atom stereocenters. The number of aryl methyl sites for hydroxylation is 1. The third kappa shape index (κ3) is 3.30. The highest BCUT2D eigenvalue weighted by molar-refractivity contribution is 5.41. The van der Waals surface area contributed by atoms with Crippen molar-refractivity contribution in [3.8, 4) is 5.75 Å². The van der Waals surface area contributed by atoms with E-state index >= 15 is 0 Å². The Morgan fingerprint density at radius 2 is 2.25 bits per heavy atom. The van der Waals surface area contributed by atoms with E-state index in [-0.39, 0.29) is 0 Å². The van der Waals surface area contributed by atoms with Gasteiger partial charge in [0.2, 0.25) is 0 Å². The van der Waals surface area contributed by atoms with Gasteiger partial charge in [0, 0.05) is 42.1 Å². The largest absolute Gasteiger partial charge is 0.496 e. The molecule has 1 aromatic heterocycles. The molecule has 1 N–H and O–H groups in total. The number of rotatable bonds is 5. The summed E-state index contributed by atoms with van der Waals surface area (Å²) < 4.78 is 11.4. The molecule has 4 nitrogen and oxygen atoms in total. The van der Waals surface area contributed by atoms with Crippen LogP contribution in [0.25, 0.3) is 0 Å². The Labute approximate surface area is 121 Å². The Hall–Kier alpha value is -1.13. The Balaban J connectivity index is 2.14. The predicted octanol–water partition coefficient (Wildman–Crippen LogP) is 2.41. The summed E-state index contributed by atoms with van der Waals surface area (Å²) >= 11 is 0. The Bertz CT molecular complexity index is 442. The van der Waals surface area contributed by atoms with E-state index in [1.807, 2.05) is 20.2 Å². The maximum absolute atomic E-state index is 5.90. The first-order chi connectivity index (χ1) is 9.67. The third-order valence-electron chi connectivity index (χ3n) is 4.20. The maximum atomic E-state index is 5.90. The molecule has 0 aromatic carbocycles. The van der Waals surface area contributed by atoms with Crippen molar-refractivity contribution in [1.29, 1.82) is 0 Å². The molecule has 2 unspecified atom stereocenters. The molecular weight excluding hydrogens is 252 g/mol. The quantitative estimate of drug-likeness (QED) is 0.898. The zero-order valence-corrected chi connectivity index (χ0v) is 13.0. The van der Waals surface area contributed by atoms with E-state index in [2.05, 4.69) is 17.2 Å². The standard InChI is InChI=1S/C16H26N2O2/c1-11-10-18-13(12(2)16(11)19-4)9-14(17-3)15-7-5-6-8-20-15/h10,14-15,17H,5-9H2,1-4H3. The molecule has 0 amide bonds. The summed E-state index contributed by atoms with van der Waals surface area (Å²) in [6.07, 6.45) is 6.64. The highest BCUT2D eigenvalue weighted by atomic mass is 16.5. The summed E-state index contributed by atoms with van der Waals surface area (Å²) in [4.78, 5) is 4.59. The molecule has 0 spiro atoms. The molecule has 0 radical (unpaired) electrons. The second-order valence-corrected chi connectivity index (χ2v) is 5.55. The lowest BCUT2D eigenvalue weighted by atomic mass is 9.96. The van der Waals surface area contributed by atoms with Crippen LogP contribution >= 0.6 is 0 Å². The fraction of sp³-hybridized carbons (Fsp3) is 0.688. The first kappa shape index (κ1) is 15.3. The first-order valence-corrected chi connectivity index (χ1v) is 7.45. The average molecular weight is 278 g/mol. The van der Waals surface area contributed by atoms with Crippen LogP contribution in [0.15, 0.2) is 6.20 Å². The summed E-state index contributed by atoms with van der Waals surface area (Å²) in [5.41, 5.74) is 3.33. The summed E-state index contributed by atoms with van der Waals surface area (Å²) in [7, 11) is 3.72. The highest BCUT2D eigenvalue weighted by Crippen LogP contribution is 2.26. The van der Waals surface area contributed by atoms with Crippen molar-refractivity contribution < 1.29 is 9.47 Å². The van der Waals surface area contributed by atoms with Crippen molar-refractivity contribution in [2.75, 3.05) is 20.8 Å². The molecule has 4 heteroatoms. The zero-order chi connectivity index (χ0) is 14.5. The minimum Gasteiger partial charge on any atom is -0.496 e. The fourth-order valence-electron chi connectivity index (χ4n) is 2.99. The number of nitrogens with zero attached hydrogens (tertiary/aromatic N) is 1. The summed E-state index contributed by atoms with van der Waals surface area (Å²) in [5, 5.41) is 3.39. The number of pyridine rings is 1. The number of likely N-dealkylation sites (N-methyl/N-ethyl adjacent to an activating group) is 1. The lowest BCUT2D eigenvalue weighted by Crippen LogP contribution is -2.43. The lowest BCUT2D eigenvalue weighted by Gasteiger charge is -2.30. The van der Waals surface area contributed by atoms with Crippen molar-refractivity contribution >= 4 is 0 Å². The minimum atomic E-state index is 0.294. The number of nitrogens with one attached hydrogen (secondary N) is 1. The Kier molecular flexibility index (Phi) is 5.38. The molecule has 1 saturated heterocycles. The number of hydrogen-bond acceptors (Lipinski definition) is 4. The van der Waals surface area contributed by atoms with Gasteiger partial charge in [-0.2, -0.15) is 0 Å². The van der Waals surface area contributed by atoms with E-state index in [1.165, 1.54) is 12.8 Å². The van der Waals surface area contributed by atoms with E-state index in [1.54, 1.807) is 7.11 Å².